The Balaban J connectivity index is 2.31. The van der Waals surface area contributed by atoms with Gasteiger partial charge in [0.25, 0.3) is 10.0 Å². The van der Waals surface area contributed by atoms with Crippen LogP contribution in [0.4, 0.5) is 0 Å². The van der Waals surface area contributed by atoms with Crippen LogP contribution < -0.4 is 0 Å². The second kappa shape index (κ2) is 6.85. The summed E-state index contributed by atoms with van der Waals surface area (Å²) in [5, 5.41) is 1.78. The highest BCUT2D eigenvalue weighted by Crippen LogP contribution is 2.31. The summed E-state index contributed by atoms with van der Waals surface area (Å²) < 4.78 is 28.0. The third kappa shape index (κ3) is 3.49. The Hall–Kier alpha value is -0.690. The van der Waals surface area contributed by atoms with Gasteiger partial charge in [-0.2, -0.15) is 4.31 Å². The lowest BCUT2D eigenvalue weighted by Gasteiger charge is -2.21. The first-order valence-electron chi connectivity index (χ1n) is 6.32. The van der Waals surface area contributed by atoms with Crippen LogP contribution in [0.25, 0.3) is 0 Å². The van der Waals surface area contributed by atoms with Gasteiger partial charge in [0.2, 0.25) is 0 Å². The fourth-order valence-electron chi connectivity index (χ4n) is 1.90. The van der Waals surface area contributed by atoms with Crippen molar-refractivity contribution in [3.8, 4) is 0 Å². The molecule has 0 unspecified atom stereocenters. The van der Waals surface area contributed by atoms with E-state index in [0.717, 1.165) is 12.0 Å². The quantitative estimate of drug-likeness (QED) is 0.763. The molecular weight excluding hydrogens is 358 g/mol. The molecule has 6 heteroatoms. The summed E-state index contributed by atoms with van der Waals surface area (Å²) in [6.07, 6.45) is 0.787. The molecule has 1 aromatic carbocycles. The molecule has 0 radical (unpaired) electrons. The number of nitrogens with zero attached hydrogens (tertiary/aromatic N) is 1. The second-order valence-electron chi connectivity index (χ2n) is 4.38. The van der Waals surface area contributed by atoms with Gasteiger partial charge in [-0.1, -0.05) is 37.3 Å². The van der Waals surface area contributed by atoms with Crippen molar-refractivity contribution in [2.24, 2.45) is 0 Å². The predicted octanol–water partition coefficient (Wildman–Crippen LogP) is 4.11. The molecule has 0 amide bonds. The summed E-state index contributed by atoms with van der Waals surface area (Å²) >= 11 is 4.56. The van der Waals surface area contributed by atoms with Crippen LogP contribution in [0.15, 0.2) is 50.5 Å². The van der Waals surface area contributed by atoms with Crippen molar-refractivity contribution in [2.45, 2.75) is 24.1 Å². The fraction of sp³-hybridized carbons (Fsp3) is 0.286. The molecule has 2 rings (SSSR count). The second-order valence-corrected chi connectivity index (χ2v) is 8.28. The minimum Gasteiger partial charge on any atom is -0.206 e. The van der Waals surface area contributed by atoms with Gasteiger partial charge >= 0.3 is 0 Å². The van der Waals surface area contributed by atoms with E-state index in [1.165, 1.54) is 11.3 Å². The van der Waals surface area contributed by atoms with E-state index in [1.54, 1.807) is 15.8 Å². The molecule has 0 aliphatic heterocycles. The van der Waals surface area contributed by atoms with Crippen LogP contribution in [0.1, 0.15) is 18.9 Å². The van der Waals surface area contributed by atoms with E-state index in [9.17, 15) is 8.42 Å². The van der Waals surface area contributed by atoms with E-state index < -0.39 is 10.0 Å². The third-order valence-corrected chi connectivity index (χ3v) is 7.33. The van der Waals surface area contributed by atoms with Crippen molar-refractivity contribution in [3.63, 3.8) is 0 Å². The highest BCUT2D eigenvalue weighted by molar-refractivity contribution is 9.10. The first-order chi connectivity index (χ1) is 9.55. The standard InChI is InChI=1S/C14H16BrNO2S2/c1-2-9-16(11-12-6-4-3-5-7-12)20(17,18)14-13(15)8-10-19-14/h3-8,10H,2,9,11H2,1H3. The van der Waals surface area contributed by atoms with Crippen molar-refractivity contribution < 1.29 is 8.42 Å². The molecule has 3 nitrogen and oxygen atoms in total. The van der Waals surface area contributed by atoms with Gasteiger partial charge in [-0.05, 0) is 39.4 Å². The molecule has 0 spiro atoms. The largest absolute Gasteiger partial charge is 0.253 e. The van der Waals surface area contributed by atoms with Crippen molar-refractivity contribution >= 4 is 37.3 Å². The highest BCUT2D eigenvalue weighted by Gasteiger charge is 2.27. The summed E-state index contributed by atoms with van der Waals surface area (Å²) in [6, 6.07) is 11.4. The molecule has 2 aromatic rings. The number of rotatable bonds is 6. The lowest BCUT2D eigenvalue weighted by atomic mass is 10.2. The maximum absolute atomic E-state index is 12.7. The molecule has 1 heterocycles. The first-order valence-corrected chi connectivity index (χ1v) is 9.44. The Kier molecular flexibility index (Phi) is 5.37. The average Bonchev–Trinajstić information content (AvgIpc) is 2.86. The smallest absolute Gasteiger partial charge is 0.206 e. The molecular formula is C14H16BrNO2S2. The summed E-state index contributed by atoms with van der Waals surface area (Å²) in [7, 11) is -3.44. The molecule has 0 atom stereocenters. The molecule has 0 saturated heterocycles. The zero-order chi connectivity index (χ0) is 14.6. The Labute approximate surface area is 132 Å². The van der Waals surface area contributed by atoms with Crippen molar-refractivity contribution in [1.29, 1.82) is 0 Å². The van der Waals surface area contributed by atoms with Gasteiger partial charge in [-0.15, -0.1) is 11.3 Å². The summed E-state index contributed by atoms with van der Waals surface area (Å²) in [5.41, 5.74) is 0.997. The fourth-order valence-corrected chi connectivity index (χ4v) is 5.87. The van der Waals surface area contributed by atoms with Crippen molar-refractivity contribution in [2.75, 3.05) is 6.54 Å². The summed E-state index contributed by atoms with van der Waals surface area (Å²) in [5.74, 6) is 0. The topological polar surface area (TPSA) is 37.4 Å². The molecule has 0 aliphatic carbocycles. The van der Waals surface area contributed by atoms with Gasteiger partial charge in [-0.25, -0.2) is 8.42 Å². The van der Waals surface area contributed by atoms with Crippen LogP contribution in [0.3, 0.4) is 0 Å². The lowest BCUT2D eigenvalue weighted by molar-refractivity contribution is 0.406. The molecule has 0 saturated carbocycles. The third-order valence-electron chi connectivity index (χ3n) is 2.83. The van der Waals surface area contributed by atoms with E-state index in [2.05, 4.69) is 15.9 Å². The highest BCUT2D eigenvalue weighted by atomic mass is 79.9. The minimum absolute atomic E-state index is 0.377. The number of thiophene rings is 1. The number of halogens is 1. The maximum Gasteiger partial charge on any atom is 0.253 e. The summed E-state index contributed by atoms with van der Waals surface area (Å²) in [4.78, 5) is 0. The van der Waals surface area contributed by atoms with E-state index in [-0.39, 0.29) is 0 Å². The molecule has 0 aliphatic rings. The van der Waals surface area contributed by atoms with E-state index in [0.29, 0.717) is 21.8 Å². The Morgan fingerprint density at radius 2 is 1.90 bits per heavy atom. The lowest BCUT2D eigenvalue weighted by Crippen LogP contribution is -2.31. The van der Waals surface area contributed by atoms with Gasteiger partial charge in [0, 0.05) is 17.6 Å². The molecule has 108 valence electrons. The zero-order valence-corrected chi connectivity index (χ0v) is 14.3. The number of benzene rings is 1. The van der Waals surface area contributed by atoms with E-state index in [1.807, 2.05) is 37.3 Å². The number of hydrogen-bond acceptors (Lipinski definition) is 3. The van der Waals surface area contributed by atoms with Crippen LogP contribution in [0.2, 0.25) is 0 Å². The van der Waals surface area contributed by atoms with Crippen LogP contribution >= 0.6 is 27.3 Å². The zero-order valence-electron chi connectivity index (χ0n) is 11.1. The van der Waals surface area contributed by atoms with Crippen LogP contribution in [0.5, 0.6) is 0 Å². The number of sulfonamides is 1. The monoisotopic (exact) mass is 373 g/mol. The Morgan fingerprint density at radius 3 is 2.45 bits per heavy atom. The minimum atomic E-state index is -3.44. The van der Waals surface area contributed by atoms with Gasteiger partial charge in [0.15, 0.2) is 0 Å². The molecule has 1 aromatic heterocycles. The van der Waals surface area contributed by atoms with Crippen molar-refractivity contribution in [3.05, 3.63) is 51.8 Å². The predicted molar refractivity (Wildman–Crippen MR) is 86.3 cm³/mol. The van der Waals surface area contributed by atoms with Gasteiger partial charge in [0.1, 0.15) is 4.21 Å². The average molecular weight is 374 g/mol. The first kappa shape index (κ1) is 15.7. The maximum atomic E-state index is 12.7. The van der Waals surface area contributed by atoms with Gasteiger partial charge in [0.05, 0.1) is 0 Å². The summed E-state index contributed by atoms with van der Waals surface area (Å²) in [6.45, 7) is 2.90. The number of hydrogen-bond donors (Lipinski definition) is 0. The van der Waals surface area contributed by atoms with Crippen LogP contribution in [-0.2, 0) is 16.6 Å². The molecule has 0 N–H and O–H groups in total. The molecule has 0 bridgehead atoms. The molecule has 0 fully saturated rings. The van der Waals surface area contributed by atoms with Gasteiger partial charge in [-0.3, -0.25) is 0 Å². The van der Waals surface area contributed by atoms with Crippen LogP contribution in [-0.4, -0.2) is 19.3 Å². The Morgan fingerprint density at radius 1 is 1.20 bits per heavy atom. The SMILES string of the molecule is CCCN(Cc1ccccc1)S(=O)(=O)c1sccc1Br. The van der Waals surface area contributed by atoms with E-state index in [4.69, 9.17) is 0 Å². The Bertz CT molecular complexity index is 653. The van der Waals surface area contributed by atoms with Crippen LogP contribution in [0, 0.1) is 0 Å². The normalized spacial score (nSPS) is 11.9. The van der Waals surface area contributed by atoms with E-state index >= 15 is 0 Å². The molecule has 20 heavy (non-hydrogen) atoms. The van der Waals surface area contributed by atoms with Gasteiger partial charge < -0.3 is 0 Å². The van der Waals surface area contributed by atoms with Crippen molar-refractivity contribution in [1.82, 2.24) is 4.31 Å².